The van der Waals surface area contributed by atoms with Crippen LogP contribution in [0.15, 0.2) is 89.3 Å². The number of hydrogen-bond donors (Lipinski definition) is 0. The Morgan fingerprint density at radius 2 is 1.22 bits per heavy atom. The molecule has 0 radical (unpaired) electrons. The molecule has 0 bridgehead atoms. The number of nitrogens with zero attached hydrogens (tertiary/aromatic N) is 1. The number of furan rings is 1. The van der Waals surface area contributed by atoms with Crippen LogP contribution >= 0.6 is 11.6 Å². The summed E-state index contributed by atoms with van der Waals surface area (Å²) in [4.78, 5) is 0. The number of fused-ring (bicyclic) bond motifs is 6. The Balaban J connectivity index is 1.89. The lowest BCUT2D eigenvalue weighted by atomic mass is 10.1. The maximum absolute atomic E-state index is 6.50. The standard InChI is InChI=1S/C24H14ClNO/c25-15-13-21(24-18-9-3-6-12-22(18)27-23(24)14-15)26-19-10-4-1-7-16(19)17-8-2-5-11-20(17)26/h1-14H. The van der Waals surface area contributed by atoms with Crippen LogP contribution in [0, 0.1) is 0 Å². The molecule has 0 fully saturated rings. The number of rotatable bonds is 1. The van der Waals surface area contributed by atoms with Crippen LogP contribution in [0.2, 0.25) is 5.02 Å². The highest BCUT2D eigenvalue weighted by atomic mass is 35.5. The van der Waals surface area contributed by atoms with Gasteiger partial charge in [0, 0.05) is 27.2 Å². The van der Waals surface area contributed by atoms with E-state index in [1.807, 2.05) is 30.3 Å². The van der Waals surface area contributed by atoms with Crippen LogP contribution in [0.25, 0.3) is 49.4 Å². The molecular formula is C24H14ClNO. The van der Waals surface area contributed by atoms with E-state index in [1.165, 1.54) is 10.8 Å². The van der Waals surface area contributed by atoms with Crippen molar-refractivity contribution in [1.29, 1.82) is 0 Å². The van der Waals surface area contributed by atoms with Gasteiger partial charge < -0.3 is 8.98 Å². The summed E-state index contributed by atoms with van der Waals surface area (Å²) in [6, 6.07) is 29.0. The Morgan fingerprint density at radius 1 is 0.630 bits per heavy atom. The van der Waals surface area contributed by atoms with E-state index in [0.717, 1.165) is 38.7 Å². The molecule has 2 nitrogen and oxygen atoms in total. The monoisotopic (exact) mass is 367 g/mol. The molecule has 0 atom stereocenters. The Hall–Kier alpha value is -3.23. The van der Waals surface area contributed by atoms with Gasteiger partial charge in [0.05, 0.1) is 22.1 Å². The lowest BCUT2D eigenvalue weighted by Crippen LogP contribution is -1.94. The molecule has 0 N–H and O–H groups in total. The van der Waals surface area contributed by atoms with Gasteiger partial charge in [-0.2, -0.15) is 0 Å². The van der Waals surface area contributed by atoms with Gasteiger partial charge in [-0.1, -0.05) is 66.2 Å². The molecule has 4 aromatic carbocycles. The van der Waals surface area contributed by atoms with Crippen molar-refractivity contribution in [3.05, 3.63) is 90.0 Å². The SMILES string of the molecule is Clc1cc(-n2c3ccccc3c3ccccc32)c2c(c1)oc1ccccc12. The van der Waals surface area contributed by atoms with E-state index in [4.69, 9.17) is 16.0 Å². The highest BCUT2D eigenvalue weighted by molar-refractivity contribution is 6.32. The quantitative estimate of drug-likeness (QED) is 0.297. The number of hydrogen-bond acceptors (Lipinski definition) is 1. The maximum Gasteiger partial charge on any atom is 0.139 e. The molecule has 0 aliphatic carbocycles. The molecule has 27 heavy (non-hydrogen) atoms. The summed E-state index contributed by atoms with van der Waals surface area (Å²) in [6.45, 7) is 0. The van der Waals surface area contributed by atoms with E-state index in [1.54, 1.807) is 0 Å². The predicted octanol–water partition coefficient (Wildman–Crippen LogP) is 7.34. The molecule has 6 aromatic rings. The van der Waals surface area contributed by atoms with Crippen LogP contribution < -0.4 is 0 Å². The second-order valence-corrected chi connectivity index (χ2v) is 7.20. The Morgan fingerprint density at radius 3 is 1.93 bits per heavy atom. The fourth-order valence-electron chi connectivity index (χ4n) is 4.16. The van der Waals surface area contributed by atoms with Crippen molar-refractivity contribution in [3.8, 4) is 5.69 Å². The van der Waals surface area contributed by atoms with Crippen molar-refractivity contribution >= 4 is 55.3 Å². The molecule has 0 aliphatic heterocycles. The van der Waals surface area contributed by atoms with Crippen molar-refractivity contribution in [2.75, 3.05) is 0 Å². The highest BCUT2D eigenvalue weighted by Gasteiger charge is 2.18. The smallest absolute Gasteiger partial charge is 0.139 e. The maximum atomic E-state index is 6.50. The first-order chi connectivity index (χ1) is 13.3. The summed E-state index contributed by atoms with van der Waals surface area (Å²) in [6.07, 6.45) is 0. The Kier molecular flexibility index (Phi) is 2.97. The first-order valence-corrected chi connectivity index (χ1v) is 9.28. The van der Waals surface area contributed by atoms with Gasteiger partial charge in [-0.25, -0.2) is 0 Å². The molecule has 6 rings (SSSR count). The minimum Gasteiger partial charge on any atom is -0.456 e. The average molecular weight is 368 g/mol. The van der Waals surface area contributed by atoms with Gasteiger partial charge >= 0.3 is 0 Å². The third kappa shape index (κ3) is 2.02. The highest BCUT2D eigenvalue weighted by Crippen LogP contribution is 2.39. The molecule has 0 saturated carbocycles. The van der Waals surface area contributed by atoms with Crippen molar-refractivity contribution in [1.82, 2.24) is 4.57 Å². The molecule has 0 saturated heterocycles. The molecular weight excluding hydrogens is 354 g/mol. The largest absolute Gasteiger partial charge is 0.456 e. The fraction of sp³-hybridized carbons (Fsp3) is 0. The van der Waals surface area contributed by atoms with Gasteiger partial charge in [0.15, 0.2) is 0 Å². The van der Waals surface area contributed by atoms with Crippen molar-refractivity contribution in [3.63, 3.8) is 0 Å². The Bertz CT molecular complexity index is 1440. The van der Waals surface area contributed by atoms with Crippen LogP contribution in [0.4, 0.5) is 0 Å². The number of aromatic nitrogens is 1. The van der Waals surface area contributed by atoms with Gasteiger partial charge in [0.1, 0.15) is 11.2 Å². The third-order valence-electron chi connectivity index (χ3n) is 5.24. The van der Waals surface area contributed by atoms with E-state index in [0.29, 0.717) is 5.02 Å². The number of halogens is 1. The summed E-state index contributed by atoms with van der Waals surface area (Å²) < 4.78 is 8.39. The minimum absolute atomic E-state index is 0.665. The Labute approximate surface area is 160 Å². The second-order valence-electron chi connectivity index (χ2n) is 6.77. The predicted molar refractivity (Wildman–Crippen MR) is 113 cm³/mol. The first kappa shape index (κ1) is 14.9. The molecule has 0 amide bonds. The van der Waals surface area contributed by atoms with E-state index in [-0.39, 0.29) is 0 Å². The molecule has 0 aliphatic rings. The zero-order valence-corrected chi connectivity index (χ0v) is 15.1. The second kappa shape index (κ2) is 5.38. The molecule has 2 aromatic heterocycles. The third-order valence-corrected chi connectivity index (χ3v) is 5.46. The van der Waals surface area contributed by atoms with E-state index in [2.05, 4.69) is 59.2 Å². The molecule has 128 valence electrons. The molecule has 0 unspecified atom stereocenters. The van der Waals surface area contributed by atoms with Crippen LogP contribution in [0.5, 0.6) is 0 Å². The molecule has 0 spiro atoms. The number of para-hydroxylation sites is 3. The van der Waals surface area contributed by atoms with Gasteiger partial charge in [-0.15, -0.1) is 0 Å². The van der Waals surface area contributed by atoms with Gasteiger partial charge in [0.2, 0.25) is 0 Å². The molecule has 3 heteroatoms. The van der Waals surface area contributed by atoms with E-state index >= 15 is 0 Å². The van der Waals surface area contributed by atoms with Crippen LogP contribution in [-0.4, -0.2) is 4.57 Å². The summed E-state index contributed by atoms with van der Waals surface area (Å²) in [5.41, 5.74) is 5.04. The summed E-state index contributed by atoms with van der Waals surface area (Å²) in [5.74, 6) is 0. The first-order valence-electron chi connectivity index (χ1n) is 8.90. The fourth-order valence-corrected chi connectivity index (χ4v) is 4.36. The van der Waals surface area contributed by atoms with Crippen molar-refractivity contribution in [2.45, 2.75) is 0 Å². The lowest BCUT2D eigenvalue weighted by Gasteiger charge is -2.10. The average Bonchev–Trinajstić information content (AvgIpc) is 3.23. The van der Waals surface area contributed by atoms with E-state index < -0.39 is 0 Å². The normalized spacial score (nSPS) is 11.9. The van der Waals surface area contributed by atoms with Crippen LogP contribution in [-0.2, 0) is 0 Å². The van der Waals surface area contributed by atoms with Crippen LogP contribution in [0.3, 0.4) is 0 Å². The summed E-state index contributed by atoms with van der Waals surface area (Å²) in [5, 5.41) is 5.31. The summed E-state index contributed by atoms with van der Waals surface area (Å²) in [7, 11) is 0. The minimum atomic E-state index is 0.665. The van der Waals surface area contributed by atoms with E-state index in [9.17, 15) is 0 Å². The zero-order chi connectivity index (χ0) is 18.0. The van der Waals surface area contributed by atoms with Crippen LogP contribution in [0.1, 0.15) is 0 Å². The van der Waals surface area contributed by atoms with Gasteiger partial charge in [-0.3, -0.25) is 0 Å². The zero-order valence-electron chi connectivity index (χ0n) is 14.3. The molecule has 2 heterocycles. The lowest BCUT2D eigenvalue weighted by molar-refractivity contribution is 0.669. The summed E-state index contributed by atoms with van der Waals surface area (Å²) >= 11 is 6.50. The van der Waals surface area contributed by atoms with Gasteiger partial charge in [0.25, 0.3) is 0 Å². The van der Waals surface area contributed by atoms with Crippen molar-refractivity contribution in [2.24, 2.45) is 0 Å². The van der Waals surface area contributed by atoms with Gasteiger partial charge in [-0.05, 0) is 24.3 Å². The number of benzene rings is 4. The topological polar surface area (TPSA) is 18.1 Å². The van der Waals surface area contributed by atoms with Crippen molar-refractivity contribution < 1.29 is 4.42 Å².